The minimum atomic E-state index is 0.571. The second-order valence-corrected chi connectivity index (χ2v) is 4.38. The van der Waals surface area contributed by atoms with Crippen molar-refractivity contribution in [3.63, 3.8) is 0 Å². The van der Waals surface area contributed by atoms with Crippen LogP contribution in [0.25, 0.3) is 0 Å². The third kappa shape index (κ3) is 1.31. The fourth-order valence-corrected chi connectivity index (χ4v) is 3.04. The number of rotatable bonds is 1. The lowest BCUT2D eigenvalue weighted by atomic mass is 9.67. The first kappa shape index (κ1) is 7.60. The van der Waals surface area contributed by atoms with Crippen molar-refractivity contribution in [2.75, 3.05) is 7.05 Å². The Hall–Kier alpha value is -0.0400. The van der Waals surface area contributed by atoms with Crippen molar-refractivity contribution >= 4 is 0 Å². The van der Waals surface area contributed by atoms with Crippen LogP contribution in [-0.4, -0.2) is 12.6 Å². The lowest BCUT2D eigenvalue weighted by Gasteiger charge is -2.45. The smallest absolute Gasteiger partial charge is 0.0181 e. The van der Waals surface area contributed by atoms with E-state index >= 15 is 0 Å². The zero-order valence-corrected chi connectivity index (χ0v) is 7.53. The molecular formula is C10H19N. The molecule has 0 saturated heterocycles. The molecule has 2 bridgehead atoms. The van der Waals surface area contributed by atoms with E-state index in [-0.39, 0.29) is 0 Å². The van der Waals surface area contributed by atoms with E-state index in [4.69, 9.17) is 0 Å². The monoisotopic (exact) mass is 153 g/mol. The van der Waals surface area contributed by atoms with Crippen molar-refractivity contribution in [1.82, 2.24) is 5.32 Å². The molecule has 2 fully saturated rings. The molecule has 0 aromatic rings. The highest BCUT2D eigenvalue weighted by atomic mass is 14.9. The van der Waals surface area contributed by atoms with Gasteiger partial charge in [-0.3, -0.25) is 0 Å². The van der Waals surface area contributed by atoms with Gasteiger partial charge in [0.15, 0.2) is 0 Å². The molecular weight excluding hydrogens is 134 g/mol. The van der Waals surface area contributed by atoms with E-state index in [1.165, 1.54) is 44.9 Å². The summed E-state index contributed by atoms with van der Waals surface area (Å²) in [5.41, 5.74) is 0.571. The molecule has 0 heterocycles. The standard InChI is InChI=1S/C10H19N/c1-11-10-6-2-4-9(8-10)5-3-7-10/h9,11H,2-8H2,1H3. The zero-order chi connectivity index (χ0) is 7.73. The Bertz CT molecular complexity index is 132. The molecule has 0 aromatic heterocycles. The molecule has 0 atom stereocenters. The van der Waals surface area contributed by atoms with Crippen molar-refractivity contribution in [2.24, 2.45) is 5.92 Å². The largest absolute Gasteiger partial charge is 0.314 e. The van der Waals surface area contributed by atoms with Crippen LogP contribution in [0.15, 0.2) is 0 Å². The molecule has 0 amide bonds. The summed E-state index contributed by atoms with van der Waals surface area (Å²) in [6.45, 7) is 0. The topological polar surface area (TPSA) is 12.0 Å². The first-order valence-corrected chi connectivity index (χ1v) is 5.04. The van der Waals surface area contributed by atoms with Gasteiger partial charge in [-0.25, -0.2) is 0 Å². The van der Waals surface area contributed by atoms with Gasteiger partial charge >= 0.3 is 0 Å². The fraction of sp³-hybridized carbons (Fsp3) is 1.00. The third-order valence-electron chi connectivity index (χ3n) is 3.75. The number of hydrogen-bond donors (Lipinski definition) is 1. The minimum Gasteiger partial charge on any atom is -0.314 e. The molecule has 0 aromatic carbocycles. The maximum atomic E-state index is 3.55. The summed E-state index contributed by atoms with van der Waals surface area (Å²) in [5.74, 6) is 1.06. The minimum absolute atomic E-state index is 0.571. The van der Waals surface area contributed by atoms with Crippen LogP contribution in [-0.2, 0) is 0 Å². The maximum Gasteiger partial charge on any atom is 0.0181 e. The SMILES string of the molecule is CNC12CCCC(CCC1)C2. The van der Waals surface area contributed by atoms with Crippen LogP contribution in [0.3, 0.4) is 0 Å². The Morgan fingerprint density at radius 1 is 1.18 bits per heavy atom. The van der Waals surface area contributed by atoms with Crippen LogP contribution in [0, 0.1) is 5.92 Å². The molecule has 1 heteroatoms. The molecule has 0 unspecified atom stereocenters. The van der Waals surface area contributed by atoms with Gasteiger partial charge in [0.1, 0.15) is 0 Å². The van der Waals surface area contributed by atoms with Gasteiger partial charge in [0.2, 0.25) is 0 Å². The van der Waals surface area contributed by atoms with E-state index in [1.54, 1.807) is 0 Å². The van der Waals surface area contributed by atoms with Crippen molar-refractivity contribution in [2.45, 2.75) is 50.5 Å². The van der Waals surface area contributed by atoms with Gasteiger partial charge in [-0.05, 0) is 32.2 Å². The van der Waals surface area contributed by atoms with E-state index < -0.39 is 0 Å². The predicted octanol–water partition coefficient (Wildman–Crippen LogP) is 2.32. The third-order valence-corrected chi connectivity index (χ3v) is 3.75. The molecule has 2 saturated carbocycles. The van der Waals surface area contributed by atoms with E-state index in [1.807, 2.05) is 0 Å². The number of nitrogens with one attached hydrogen (secondary N) is 1. The molecule has 1 nitrogen and oxygen atoms in total. The highest BCUT2D eigenvalue weighted by Crippen LogP contribution is 2.42. The summed E-state index contributed by atoms with van der Waals surface area (Å²) in [5, 5.41) is 3.55. The fourth-order valence-electron chi connectivity index (χ4n) is 3.04. The maximum absolute atomic E-state index is 3.55. The average molecular weight is 153 g/mol. The average Bonchev–Trinajstić information content (AvgIpc) is 2.05. The van der Waals surface area contributed by atoms with Crippen molar-refractivity contribution in [3.05, 3.63) is 0 Å². The van der Waals surface area contributed by atoms with Crippen LogP contribution in [0.5, 0.6) is 0 Å². The molecule has 0 radical (unpaired) electrons. The van der Waals surface area contributed by atoms with Gasteiger partial charge in [0.25, 0.3) is 0 Å². The highest BCUT2D eigenvalue weighted by molar-refractivity contribution is 4.95. The Labute approximate surface area is 69.6 Å². The summed E-state index contributed by atoms with van der Waals surface area (Å²) in [4.78, 5) is 0. The normalized spacial score (nSPS) is 43.9. The van der Waals surface area contributed by atoms with Gasteiger partial charge in [-0.1, -0.05) is 25.7 Å². The van der Waals surface area contributed by atoms with Crippen LogP contribution in [0.1, 0.15) is 44.9 Å². The molecule has 1 N–H and O–H groups in total. The van der Waals surface area contributed by atoms with Crippen molar-refractivity contribution < 1.29 is 0 Å². The lowest BCUT2D eigenvalue weighted by Crippen LogP contribution is -2.49. The molecule has 11 heavy (non-hydrogen) atoms. The van der Waals surface area contributed by atoms with Gasteiger partial charge < -0.3 is 5.32 Å². The van der Waals surface area contributed by atoms with Crippen LogP contribution < -0.4 is 5.32 Å². The molecule has 2 rings (SSSR count). The molecule has 64 valence electrons. The first-order chi connectivity index (χ1) is 5.35. The van der Waals surface area contributed by atoms with E-state index in [0.29, 0.717) is 5.54 Å². The summed E-state index contributed by atoms with van der Waals surface area (Å²) < 4.78 is 0. The van der Waals surface area contributed by atoms with Gasteiger partial charge in [0.05, 0.1) is 0 Å². The summed E-state index contributed by atoms with van der Waals surface area (Å²) in [7, 11) is 2.15. The van der Waals surface area contributed by atoms with Gasteiger partial charge in [-0.15, -0.1) is 0 Å². The Morgan fingerprint density at radius 3 is 2.27 bits per heavy atom. The summed E-state index contributed by atoms with van der Waals surface area (Å²) in [6, 6.07) is 0. The van der Waals surface area contributed by atoms with Crippen LogP contribution >= 0.6 is 0 Å². The van der Waals surface area contributed by atoms with E-state index in [9.17, 15) is 0 Å². The Kier molecular flexibility index (Phi) is 1.92. The molecule has 0 spiro atoms. The summed E-state index contributed by atoms with van der Waals surface area (Å²) in [6.07, 6.45) is 10.3. The van der Waals surface area contributed by atoms with Crippen LogP contribution in [0.2, 0.25) is 0 Å². The molecule has 2 aliphatic carbocycles. The van der Waals surface area contributed by atoms with Gasteiger partial charge in [0, 0.05) is 5.54 Å². The second kappa shape index (κ2) is 2.78. The predicted molar refractivity (Wildman–Crippen MR) is 47.6 cm³/mol. The van der Waals surface area contributed by atoms with E-state index in [2.05, 4.69) is 12.4 Å². The summed E-state index contributed by atoms with van der Waals surface area (Å²) >= 11 is 0. The van der Waals surface area contributed by atoms with Gasteiger partial charge in [-0.2, -0.15) is 0 Å². The zero-order valence-electron chi connectivity index (χ0n) is 7.53. The number of fused-ring (bicyclic) bond motifs is 2. The number of hydrogen-bond acceptors (Lipinski definition) is 1. The van der Waals surface area contributed by atoms with E-state index in [0.717, 1.165) is 5.92 Å². The second-order valence-electron chi connectivity index (χ2n) is 4.38. The molecule has 2 aliphatic rings. The first-order valence-electron chi connectivity index (χ1n) is 5.04. The highest BCUT2D eigenvalue weighted by Gasteiger charge is 2.37. The Morgan fingerprint density at radius 2 is 1.82 bits per heavy atom. The lowest BCUT2D eigenvalue weighted by molar-refractivity contribution is 0.126. The van der Waals surface area contributed by atoms with Crippen molar-refractivity contribution in [3.8, 4) is 0 Å². The Balaban J connectivity index is 2.07. The quantitative estimate of drug-likeness (QED) is 0.609. The van der Waals surface area contributed by atoms with Crippen molar-refractivity contribution in [1.29, 1.82) is 0 Å². The van der Waals surface area contributed by atoms with Crippen LogP contribution in [0.4, 0.5) is 0 Å². The molecule has 0 aliphatic heterocycles.